The minimum atomic E-state index is -0.415. The molecule has 1 heterocycles. The van der Waals surface area contributed by atoms with E-state index in [-0.39, 0.29) is 5.75 Å². The molecular weight excluding hydrogens is 320 g/mol. The maximum absolute atomic E-state index is 12.1. The van der Waals surface area contributed by atoms with Crippen molar-refractivity contribution < 1.29 is 19.1 Å². The standard InChI is InChI=1S/C19H18N2O4/c1-3-24-16-9-5-6-13-11-17(25-18(13)16)12(2)20-21-19(23)14-7-4-8-15(22)10-14/h4-11,22H,3H2,1-2H3,(H,21,23)/b20-12-. The van der Waals surface area contributed by atoms with E-state index in [1.165, 1.54) is 12.1 Å². The van der Waals surface area contributed by atoms with Crippen LogP contribution in [0.25, 0.3) is 11.0 Å². The minimum Gasteiger partial charge on any atom is -0.508 e. The number of hydrogen-bond acceptors (Lipinski definition) is 5. The zero-order chi connectivity index (χ0) is 17.8. The van der Waals surface area contributed by atoms with Crippen molar-refractivity contribution in [3.05, 3.63) is 59.9 Å². The molecule has 128 valence electrons. The quantitative estimate of drug-likeness (QED) is 0.549. The predicted molar refractivity (Wildman–Crippen MR) is 95.2 cm³/mol. The van der Waals surface area contributed by atoms with Crippen molar-refractivity contribution in [3.63, 3.8) is 0 Å². The van der Waals surface area contributed by atoms with E-state index in [1.54, 1.807) is 19.1 Å². The fraction of sp³-hybridized carbons (Fsp3) is 0.158. The number of phenolic OH excluding ortho intramolecular Hbond substituents is 1. The molecule has 1 amide bonds. The first-order chi connectivity index (χ1) is 12.1. The molecule has 25 heavy (non-hydrogen) atoms. The molecule has 0 unspecified atom stereocenters. The zero-order valence-electron chi connectivity index (χ0n) is 13.9. The van der Waals surface area contributed by atoms with Crippen LogP contribution in [0.15, 0.2) is 58.0 Å². The Bertz CT molecular complexity index is 944. The molecule has 3 aromatic rings. The maximum Gasteiger partial charge on any atom is 0.271 e. The molecule has 0 atom stereocenters. The van der Waals surface area contributed by atoms with E-state index >= 15 is 0 Å². The molecule has 2 aromatic carbocycles. The lowest BCUT2D eigenvalue weighted by molar-refractivity contribution is 0.0954. The van der Waals surface area contributed by atoms with Crippen LogP contribution in [0.4, 0.5) is 0 Å². The summed E-state index contributed by atoms with van der Waals surface area (Å²) in [4.78, 5) is 12.1. The summed E-state index contributed by atoms with van der Waals surface area (Å²) in [6.07, 6.45) is 0. The molecule has 0 fully saturated rings. The molecule has 0 saturated carbocycles. The van der Waals surface area contributed by atoms with E-state index in [2.05, 4.69) is 10.5 Å². The number of nitrogens with one attached hydrogen (secondary N) is 1. The third kappa shape index (κ3) is 3.63. The van der Waals surface area contributed by atoms with Gasteiger partial charge in [-0.25, -0.2) is 5.43 Å². The van der Waals surface area contributed by atoms with Crippen LogP contribution >= 0.6 is 0 Å². The van der Waals surface area contributed by atoms with E-state index in [4.69, 9.17) is 9.15 Å². The van der Waals surface area contributed by atoms with Gasteiger partial charge in [0, 0.05) is 10.9 Å². The molecule has 0 saturated heterocycles. The molecule has 0 aliphatic carbocycles. The highest BCUT2D eigenvalue weighted by Gasteiger charge is 2.12. The van der Waals surface area contributed by atoms with Gasteiger partial charge < -0.3 is 14.3 Å². The Hall–Kier alpha value is -3.28. The molecule has 6 heteroatoms. The van der Waals surface area contributed by atoms with E-state index in [9.17, 15) is 9.90 Å². The van der Waals surface area contributed by atoms with E-state index in [1.807, 2.05) is 31.2 Å². The first-order valence-corrected chi connectivity index (χ1v) is 7.88. The number of hydrazone groups is 1. The van der Waals surface area contributed by atoms with Gasteiger partial charge in [-0.2, -0.15) is 5.10 Å². The van der Waals surface area contributed by atoms with E-state index in [0.717, 1.165) is 5.39 Å². The van der Waals surface area contributed by atoms with Gasteiger partial charge in [-0.1, -0.05) is 18.2 Å². The van der Waals surface area contributed by atoms with E-state index in [0.29, 0.717) is 35.0 Å². The van der Waals surface area contributed by atoms with Gasteiger partial charge >= 0.3 is 0 Å². The van der Waals surface area contributed by atoms with Crippen molar-refractivity contribution >= 4 is 22.6 Å². The first-order valence-electron chi connectivity index (χ1n) is 7.88. The number of ether oxygens (including phenoxy) is 1. The molecule has 0 aliphatic heterocycles. The second-order valence-corrected chi connectivity index (χ2v) is 5.41. The lowest BCUT2D eigenvalue weighted by Crippen LogP contribution is -2.19. The lowest BCUT2D eigenvalue weighted by atomic mass is 10.2. The maximum atomic E-state index is 12.1. The zero-order valence-corrected chi connectivity index (χ0v) is 13.9. The number of nitrogens with zero attached hydrogens (tertiary/aromatic N) is 1. The van der Waals surface area contributed by atoms with Crippen molar-refractivity contribution in [3.8, 4) is 11.5 Å². The number of benzene rings is 2. The van der Waals surface area contributed by atoms with Crippen LogP contribution in [0.5, 0.6) is 11.5 Å². The molecule has 2 N–H and O–H groups in total. The Morgan fingerprint density at radius 3 is 2.80 bits per heavy atom. The van der Waals surface area contributed by atoms with Crippen LogP contribution in [0.2, 0.25) is 0 Å². The second-order valence-electron chi connectivity index (χ2n) is 5.41. The number of carbonyl (C=O) groups excluding carboxylic acids is 1. The number of amides is 1. The van der Waals surface area contributed by atoms with Gasteiger partial charge in [-0.15, -0.1) is 0 Å². The number of hydrogen-bond donors (Lipinski definition) is 2. The molecule has 1 aromatic heterocycles. The Balaban J connectivity index is 1.81. The number of phenols is 1. The highest BCUT2D eigenvalue weighted by atomic mass is 16.5. The second kappa shape index (κ2) is 7.09. The molecule has 0 radical (unpaired) electrons. The van der Waals surface area contributed by atoms with Gasteiger partial charge in [0.15, 0.2) is 17.1 Å². The third-order valence-corrected chi connectivity index (χ3v) is 3.60. The summed E-state index contributed by atoms with van der Waals surface area (Å²) in [6, 6.07) is 13.6. The van der Waals surface area contributed by atoms with Crippen molar-refractivity contribution in [2.45, 2.75) is 13.8 Å². The molecule has 0 aliphatic rings. The smallest absolute Gasteiger partial charge is 0.271 e. The van der Waals surface area contributed by atoms with Gasteiger partial charge in [0.05, 0.1) is 6.61 Å². The molecule has 0 bridgehead atoms. The Morgan fingerprint density at radius 1 is 1.24 bits per heavy atom. The summed E-state index contributed by atoms with van der Waals surface area (Å²) >= 11 is 0. The Labute approximate surface area is 144 Å². The van der Waals surface area contributed by atoms with Crippen molar-refractivity contribution in [1.29, 1.82) is 0 Å². The van der Waals surface area contributed by atoms with E-state index < -0.39 is 5.91 Å². The SMILES string of the molecule is CCOc1cccc2cc(/C(C)=N\NC(=O)c3cccc(O)c3)oc12. The van der Waals surface area contributed by atoms with Crippen molar-refractivity contribution in [2.24, 2.45) is 5.10 Å². The van der Waals surface area contributed by atoms with Crippen LogP contribution in [0.1, 0.15) is 30.0 Å². The summed E-state index contributed by atoms with van der Waals surface area (Å²) in [5.41, 5.74) is 3.94. The summed E-state index contributed by atoms with van der Waals surface area (Å²) < 4.78 is 11.4. The molecule has 6 nitrogen and oxygen atoms in total. The number of furan rings is 1. The van der Waals surface area contributed by atoms with Crippen LogP contribution in [-0.4, -0.2) is 23.3 Å². The van der Waals surface area contributed by atoms with Crippen LogP contribution in [0, 0.1) is 0 Å². The Kier molecular flexibility index (Phi) is 4.70. The topological polar surface area (TPSA) is 84.1 Å². The number of para-hydroxylation sites is 1. The van der Waals surface area contributed by atoms with Crippen LogP contribution in [-0.2, 0) is 0 Å². The summed E-state index contributed by atoms with van der Waals surface area (Å²) in [5.74, 6) is 0.816. The van der Waals surface area contributed by atoms with Crippen LogP contribution < -0.4 is 10.2 Å². The summed E-state index contributed by atoms with van der Waals surface area (Å²) in [5, 5.41) is 14.4. The summed E-state index contributed by atoms with van der Waals surface area (Å²) in [7, 11) is 0. The number of carbonyl (C=O) groups is 1. The number of rotatable bonds is 5. The average Bonchev–Trinajstić information content (AvgIpc) is 3.05. The largest absolute Gasteiger partial charge is 0.508 e. The van der Waals surface area contributed by atoms with Gasteiger partial charge in [-0.05, 0) is 44.2 Å². The summed E-state index contributed by atoms with van der Waals surface area (Å²) in [6.45, 7) is 4.19. The number of fused-ring (bicyclic) bond motifs is 1. The average molecular weight is 338 g/mol. The minimum absolute atomic E-state index is 0.0223. The predicted octanol–water partition coefficient (Wildman–Crippen LogP) is 3.69. The fourth-order valence-corrected chi connectivity index (χ4v) is 2.39. The Morgan fingerprint density at radius 2 is 2.04 bits per heavy atom. The highest BCUT2D eigenvalue weighted by Crippen LogP contribution is 2.29. The molecule has 3 rings (SSSR count). The third-order valence-electron chi connectivity index (χ3n) is 3.60. The number of aromatic hydroxyl groups is 1. The van der Waals surface area contributed by atoms with Crippen LogP contribution in [0.3, 0.4) is 0 Å². The molecular formula is C19H18N2O4. The van der Waals surface area contributed by atoms with Gasteiger partial charge in [-0.3, -0.25) is 4.79 Å². The highest BCUT2D eigenvalue weighted by molar-refractivity contribution is 6.02. The normalized spacial score (nSPS) is 11.5. The van der Waals surface area contributed by atoms with Gasteiger partial charge in [0.2, 0.25) is 0 Å². The van der Waals surface area contributed by atoms with Gasteiger partial charge in [0.25, 0.3) is 5.91 Å². The first kappa shape index (κ1) is 16.6. The van der Waals surface area contributed by atoms with Crippen molar-refractivity contribution in [2.75, 3.05) is 6.61 Å². The lowest BCUT2D eigenvalue weighted by Gasteiger charge is -2.03. The van der Waals surface area contributed by atoms with Gasteiger partial charge in [0.1, 0.15) is 11.5 Å². The van der Waals surface area contributed by atoms with Crippen molar-refractivity contribution in [1.82, 2.24) is 5.43 Å². The molecule has 0 spiro atoms. The fourth-order valence-electron chi connectivity index (χ4n) is 2.39. The monoisotopic (exact) mass is 338 g/mol.